The van der Waals surface area contributed by atoms with Gasteiger partial charge in [-0.3, -0.25) is 4.79 Å². The molecule has 26 heavy (non-hydrogen) atoms. The van der Waals surface area contributed by atoms with Crippen molar-refractivity contribution in [3.63, 3.8) is 0 Å². The number of carbonyl (C=O) groups excluding carboxylic acids is 1. The van der Waals surface area contributed by atoms with E-state index in [0.29, 0.717) is 6.07 Å². The van der Waals surface area contributed by atoms with E-state index in [1.165, 1.54) is 12.1 Å². The molecule has 0 aliphatic carbocycles. The molecule has 0 aliphatic heterocycles. The summed E-state index contributed by atoms with van der Waals surface area (Å²) < 4.78 is 92.4. The molecule has 0 aliphatic rings. The summed E-state index contributed by atoms with van der Waals surface area (Å²) in [6.45, 7) is 0. The molecule has 10 heteroatoms. The summed E-state index contributed by atoms with van der Waals surface area (Å²) in [5.74, 6) is -13.3. The first-order chi connectivity index (χ1) is 11.8. The molecule has 0 spiro atoms. The summed E-state index contributed by atoms with van der Waals surface area (Å²) in [7, 11) is 0. The van der Waals surface area contributed by atoms with Gasteiger partial charge in [0, 0.05) is 28.1 Å². The van der Waals surface area contributed by atoms with Gasteiger partial charge in [-0.2, -0.15) is 30.7 Å². The van der Waals surface area contributed by atoms with Crippen molar-refractivity contribution in [2.45, 2.75) is 18.0 Å². The molecule has 0 bridgehead atoms. The minimum Gasteiger partial charge on any atom is -0.399 e. The first-order valence-electron chi connectivity index (χ1n) is 6.91. The second-order valence-electron chi connectivity index (χ2n) is 5.40. The van der Waals surface area contributed by atoms with Crippen LogP contribution in [0.15, 0.2) is 42.5 Å². The van der Waals surface area contributed by atoms with E-state index in [0.717, 1.165) is 18.2 Å². The van der Waals surface area contributed by atoms with Crippen LogP contribution in [-0.4, -0.2) is 17.9 Å². The molecular weight excluding hydrogens is 369 g/mol. The minimum atomic E-state index is -6.54. The maximum Gasteiger partial charge on any atom is 0.460 e. The van der Waals surface area contributed by atoms with Gasteiger partial charge in [-0.1, -0.05) is 0 Å². The maximum atomic E-state index is 14.1. The van der Waals surface area contributed by atoms with E-state index < -0.39 is 40.6 Å². The van der Waals surface area contributed by atoms with Gasteiger partial charge in [0.25, 0.3) is 0 Å². The zero-order chi connectivity index (χ0) is 19.9. The van der Waals surface area contributed by atoms with Crippen LogP contribution in [0.25, 0.3) is 0 Å². The van der Waals surface area contributed by atoms with E-state index >= 15 is 0 Å². The summed E-state index contributed by atoms with van der Waals surface area (Å²) in [4.78, 5) is 12.4. The van der Waals surface area contributed by atoms with Crippen LogP contribution in [-0.2, 0) is 5.92 Å². The lowest BCUT2D eigenvalue weighted by molar-refractivity contribution is -0.359. The molecule has 3 nitrogen and oxygen atoms in total. The highest BCUT2D eigenvalue weighted by atomic mass is 19.4. The molecule has 0 fully saturated rings. The lowest BCUT2D eigenvalue weighted by atomic mass is 9.91. The number of hydrogen-bond acceptors (Lipinski definition) is 3. The van der Waals surface area contributed by atoms with E-state index in [1.54, 1.807) is 0 Å². The third-order valence-electron chi connectivity index (χ3n) is 3.55. The van der Waals surface area contributed by atoms with Crippen molar-refractivity contribution in [2.75, 3.05) is 11.5 Å². The summed E-state index contributed by atoms with van der Waals surface area (Å²) in [5, 5.41) is 0. The second-order valence-corrected chi connectivity index (χ2v) is 5.40. The lowest BCUT2D eigenvalue weighted by Crippen LogP contribution is -2.50. The number of anilines is 2. The number of nitrogen functional groups attached to an aromatic ring is 2. The van der Waals surface area contributed by atoms with E-state index in [9.17, 15) is 35.5 Å². The molecule has 0 saturated carbocycles. The standard InChI is InChI=1S/C16H11F7N2O/c17-14(18,15(19,20)16(21,22)23)12-7-10(25)5-6-11(12)13(26)8-1-3-9(24)4-2-8/h1-7H,24-25H2. The van der Waals surface area contributed by atoms with Crippen LogP contribution in [0.5, 0.6) is 0 Å². The number of rotatable bonds is 4. The molecule has 2 aromatic carbocycles. The smallest absolute Gasteiger partial charge is 0.399 e. The summed E-state index contributed by atoms with van der Waals surface area (Å²) >= 11 is 0. The number of halogens is 7. The highest BCUT2D eigenvalue weighted by Gasteiger charge is 2.74. The Hall–Kier alpha value is -2.78. The van der Waals surface area contributed by atoms with Crippen molar-refractivity contribution in [1.29, 1.82) is 0 Å². The topological polar surface area (TPSA) is 69.1 Å². The second kappa shape index (κ2) is 6.19. The van der Waals surface area contributed by atoms with Crippen LogP contribution in [0.3, 0.4) is 0 Å². The number of nitrogens with two attached hydrogens (primary N) is 2. The normalized spacial score (nSPS) is 12.9. The molecule has 0 radical (unpaired) electrons. The van der Waals surface area contributed by atoms with Crippen LogP contribution in [0.2, 0.25) is 0 Å². The third kappa shape index (κ3) is 3.18. The quantitative estimate of drug-likeness (QED) is 0.470. The predicted octanol–water partition coefficient (Wildman–Crippen LogP) is 4.37. The van der Waals surface area contributed by atoms with E-state index in [1.807, 2.05) is 0 Å². The number of alkyl halides is 7. The first-order valence-corrected chi connectivity index (χ1v) is 6.91. The Bertz CT molecular complexity index is 829. The molecule has 0 unspecified atom stereocenters. The average molecular weight is 380 g/mol. The van der Waals surface area contributed by atoms with E-state index in [2.05, 4.69) is 0 Å². The lowest BCUT2D eigenvalue weighted by Gasteiger charge is -2.29. The molecule has 0 saturated heterocycles. The highest BCUT2D eigenvalue weighted by molar-refractivity contribution is 6.10. The highest BCUT2D eigenvalue weighted by Crippen LogP contribution is 2.52. The average Bonchev–Trinajstić information content (AvgIpc) is 2.53. The van der Waals surface area contributed by atoms with Gasteiger partial charge in [-0.05, 0) is 42.5 Å². The van der Waals surface area contributed by atoms with Gasteiger partial charge in [-0.15, -0.1) is 0 Å². The zero-order valence-electron chi connectivity index (χ0n) is 12.8. The predicted molar refractivity (Wildman–Crippen MR) is 80.0 cm³/mol. The fourth-order valence-electron chi connectivity index (χ4n) is 2.16. The molecule has 0 amide bonds. The van der Waals surface area contributed by atoms with Crippen molar-refractivity contribution in [2.24, 2.45) is 0 Å². The molecule has 0 atom stereocenters. The summed E-state index contributed by atoms with van der Waals surface area (Å²) in [6, 6.07) is 6.57. The van der Waals surface area contributed by atoms with Gasteiger partial charge in [0.2, 0.25) is 0 Å². The number of benzene rings is 2. The minimum absolute atomic E-state index is 0.226. The molecule has 0 heterocycles. The third-order valence-corrected chi connectivity index (χ3v) is 3.55. The Kier molecular flexibility index (Phi) is 4.65. The van der Waals surface area contributed by atoms with Crippen LogP contribution in [0.4, 0.5) is 42.1 Å². The van der Waals surface area contributed by atoms with Crippen molar-refractivity contribution in [1.82, 2.24) is 0 Å². The van der Waals surface area contributed by atoms with Gasteiger partial charge in [-0.25, -0.2) is 0 Å². The Morgan fingerprint density at radius 2 is 1.27 bits per heavy atom. The monoisotopic (exact) mass is 380 g/mol. The Balaban J connectivity index is 2.65. The molecule has 2 aromatic rings. The van der Waals surface area contributed by atoms with Crippen molar-refractivity contribution in [3.05, 3.63) is 59.2 Å². The van der Waals surface area contributed by atoms with Crippen molar-refractivity contribution >= 4 is 17.2 Å². The Morgan fingerprint density at radius 1 is 0.769 bits per heavy atom. The summed E-state index contributed by atoms with van der Waals surface area (Å²) in [6.07, 6.45) is -6.54. The fraction of sp³-hybridized carbons (Fsp3) is 0.188. The van der Waals surface area contributed by atoms with Crippen LogP contribution >= 0.6 is 0 Å². The SMILES string of the molecule is Nc1ccc(C(=O)c2ccc(N)cc2C(F)(F)C(F)(F)C(F)(F)F)cc1. The maximum absolute atomic E-state index is 14.1. The fourth-order valence-corrected chi connectivity index (χ4v) is 2.16. The first kappa shape index (κ1) is 19.5. The molecule has 140 valence electrons. The number of ketones is 1. The largest absolute Gasteiger partial charge is 0.460 e. The number of carbonyl (C=O) groups is 1. The van der Waals surface area contributed by atoms with Gasteiger partial charge in [0.05, 0.1) is 0 Å². The van der Waals surface area contributed by atoms with E-state index in [-0.39, 0.29) is 17.3 Å². The van der Waals surface area contributed by atoms with E-state index in [4.69, 9.17) is 11.5 Å². The molecule has 0 aromatic heterocycles. The Labute approximate surface area is 142 Å². The van der Waals surface area contributed by atoms with Gasteiger partial charge < -0.3 is 11.5 Å². The van der Waals surface area contributed by atoms with Gasteiger partial charge in [0.1, 0.15) is 0 Å². The van der Waals surface area contributed by atoms with Crippen LogP contribution in [0.1, 0.15) is 21.5 Å². The van der Waals surface area contributed by atoms with Crippen LogP contribution < -0.4 is 11.5 Å². The van der Waals surface area contributed by atoms with Crippen molar-refractivity contribution in [3.8, 4) is 0 Å². The van der Waals surface area contributed by atoms with Gasteiger partial charge in [0.15, 0.2) is 5.78 Å². The molecular formula is C16H11F7N2O. The Morgan fingerprint density at radius 3 is 1.77 bits per heavy atom. The van der Waals surface area contributed by atoms with Crippen molar-refractivity contribution < 1.29 is 35.5 Å². The zero-order valence-corrected chi connectivity index (χ0v) is 12.8. The molecule has 4 N–H and O–H groups in total. The number of hydrogen-bond donors (Lipinski definition) is 2. The van der Waals surface area contributed by atoms with Gasteiger partial charge >= 0.3 is 18.0 Å². The molecule has 2 rings (SSSR count). The summed E-state index contributed by atoms with van der Waals surface area (Å²) in [5.41, 5.74) is 7.31. The van der Waals surface area contributed by atoms with Crippen LogP contribution in [0, 0.1) is 0 Å².